The van der Waals surface area contributed by atoms with Gasteiger partial charge in [0.25, 0.3) is 5.91 Å². The number of carbonyl (C=O) groups is 1. The maximum absolute atomic E-state index is 13.0. The van der Waals surface area contributed by atoms with Gasteiger partial charge in [-0.1, -0.05) is 18.5 Å². The van der Waals surface area contributed by atoms with Crippen molar-refractivity contribution >= 4 is 51.9 Å². The Morgan fingerprint density at radius 2 is 1.92 bits per heavy atom. The molecule has 0 aliphatic carbocycles. The van der Waals surface area contributed by atoms with Gasteiger partial charge in [0.1, 0.15) is 0 Å². The second-order valence-electron chi connectivity index (χ2n) is 8.58. The van der Waals surface area contributed by atoms with E-state index >= 15 is 0 Å². The Hall–Kier alpha value is -2.68. The van der Waals surface area contributed by atoms with Crippen LogP contribution in [0.2, 0.25) is 5.02 Å². The van der Waals surface area contributed by atoms with Gasteiger partial charge in [0.15, 0.2) is 16.7 Å². The molecule has 0 N–H and O–H groups in total. The van der Waals surface area contributed by atoms with E-state index < -0.39 is 0 Å². The van der Waals surface area contributed by atoms with Crippen molar-refractivity contribution in [2.75, 3.05) is 44.9 Å². The molecule has 36 heavy (non-hydrogen) atoms. The number of anilines is 1. The molecule has 2 aromatic carbocycles. The first-order chi connectivity index (χ1) is 17.4. The summed E-state index contributed by atoms with van der Waals surface area (Å²) in [6.07, 6.45) is 2.67. The zero-order valence-corrected chi connectivity index (χ0v) is 22.7. The van der Waals surface area contributed by atoms with E-state index in [0.717, 1.165) is 49.7 Å². The number of amides is 1. The van der Waals surface area contributed by atoms with Gasteiger partial charge in [-0.05, 0) is 80.1 Å². The normalized spacial score (nSPS) is 19.3. The molecule has 0 bridgehead atoms. The van der Waals surface area contributed by atoms with Gasteiger partial charge in [-0.25, -0.2) is 4.99 Å². The maximum Gasteiger partial charge on any atom is 0.266 e. The van der Waals surface area contributed by atoms with Crippen molar-refractivity contribution < 1.29 is 19.0 Å². The number of amidine groups is 1. The minimum atomic E-state index is -0.113. The number of carbonyl (C=O) groups excluding carboxylic acids is 1. The quantitative estimate of drug-likeness (QED) is 0.392. The van der Waals surface area contributed by atoms with Crippen LogP contribution in [0.5, 0.6) is 11.5 Å². The third kappa shape index (κ3) is 6.17. The smallest absolute Gasteiger partial charge is 0.266 e. The Labute approximate surface area is 222 Å². The lowest BCUT2D eigenvalue weighted by atomic mass is 10.1. The molecule has 2 aliphatic heterocycles. The summed E-state index contributed by atoms with van der Waals surface area (Å²) in [7, 11) is 1.73. The molecule has 4 rings (SSSR count). The van der Waals surface area contributed by atoms with Crippen molar-refractivity contribution in [3.63, 3.8) is 0 Å². The van der Waals surface area contributed by atoms with Crippen LogP contribution in [-0.2, 0) is 9.53 Å². The van der Waals surface area contributed by atoms with Gasteiger partial charge in [0.2, 0.25) is 0 Å². The number of halogens is 1. The Bertz CT molecular complexity index is 1150. The summed E-state index contributed by atoms with van der Waals surface area (Å²) in [6, 6.07) is 11.7. The van der Waals surface area contributed by atoms with Crippen LogP contribution in [0.4, 0.5) is 11.4 Å². The molecule has 0 saturated carbocycles. The van der Waals surface area contributed by atoms with E-state index in [4.69, 9.17) is 30.8 Å². The molecule has 0 aromatic heterocycles. The van der Waals surface area contributed by atoms with E-state index in [1.54, 1.807) is 18.0 Å². The SMILES string of the molecule is CCOc1cc(/C=C2\SC(=Nc3ccc(N4CCOCC4)cc3)N(C)C2=O)cc(Cl)c1O[C@@H](C)CC. The highest BCUT2D eigenvalue weighted by Gasteiger charge is 2.30. The van der Waals surface area contributed by atoms with Gasteiger partial charge < -0.3 is 19.1 Å². The summed E-state index contributed by atoms with van der Waals surface area (Å²) in [5, 5.41) is 1.07. The second kappa shape index (κ2) is 12.0. The van der Waals surface area contributed by atoms with Gasteiger partial charge in [-0.2, -0.15) is 0 Å². The number of ether oxygens (including phenoxy) is 3. The number of hydrogen-bond acceptors (Lipinski definition) is 7. The number of benzene rings is 2. The fraction of sp³-hybridized carbons (Fsp3) is 0.407. The predicted molar refractivity (Wildman–Crippen MR) is 148 cm³/mol. The zero-order chi connectivity index (χ0) is 25.7. The van der Waals surface area contributed by atoms with Gasteiger partial charge >= 0.3 is 0 Å². The van der Waals surface area contributed by atoms with Crippen LogP contribution < -0.4 is 14.4 Å². The lowest BCUT2D eigenvalue weighted by Gasteiger charge is -2.28. The Morgan fingerprint density at radius 3 is 2.58 bits per heavy atom. The van der Waals surface area contributed by atoms with E-state index in [0.29, 0.717) is 33.2 Å². The van der Waals surface area contributed by atoms with Crippen LogP contribution in [0.15, 0.2) is 46.3 Å². The predicted octanol–water partition coefficient (Wildman–Crippen LogP) is 5.99. The number of rotatable bonds is 8. The summed E-state index contributed by atoms with van der Waals surface area (Å²) in [4.78, 5) is 22.1. The van der Waals surface area contributed by atoms with Crippen molar-refractivity contribution in [1.82, 2.24) is 4.90 Å². The maximum atomic E-state index is 13.0. The monoisotopic (exact) mass is 529 g/mol. The molecule has 2 heterocycles. The van der Waals surface area contributed by atoms with Crippen molar-refractivity contribution in [1.29, 1.82) is 0 Å². The van der Waals surface area contributed by atoms with E-state index in [1.807, 2.05) is 38.1 Å². The summed E-state index contributed by atoms with van der Waals surface area (Å²) >= 11 is 7.89. The van der Waals surface area contributed by atoms with Gasteiger partial charge in [-0.15, -0.1) is 0 Å². The van der Waals surface area contributed by atoms with E-state index in [9.17, 15) is 4.79 Å². The first-order valence-corrected chi connectivity index (χ1v) is 13.4. The molecule has 2 saturated heterocycles. The minimum absolute atomic E-state index is 0.00762. The highest BCUT2D eigenvalue weighted by molar-refractivity contribution is 8.18. The summed E-state index contributed by atoms with van der Waals surface area (Å²) < 4.78 is 17.2. The zero-order valence-electron chi connectivity index (χ0n) is 21.1. The molecule has 2 fully saturated rings. The second-order valence-corrected chi connectivity index (χ2v) is 10.0. The molecule has 9 heteroatoms. The first kappa shape index (κ1) is 26.4. The number of hydrogen-bond donors (Lipinski definition) is 0. The molecule has 0 unspecified atom stereocenters. The van der Waals surface area contributed by atoms with E-state index in [-0.39, 0.29) is 12.0 Å². The van der Waals surface area contributed by atoms with Gasteiger partial charge in [0, 0.05) is 25.8 Å². The molecule has 0 radical (unpaired) electrons. The summed E-state index contributed by atoms with van der Waals surface area (Å²) in [5.74, 6) is 0.980. The lowest BCUT2D eigenvalue weighted by molar-refractivity contribution is -0.121. The van der Waals surface area contributed by atoms with Crippen molar-refractivity contribution in [2.24, 2.45) is 4.99 Å². The molecule has 0 spiro atoms. The van der Waals surface area contributed by atoms with Crippen LogP contribution in [-0.4, -0.2) is 62.0 Å². The molecular formula is C27H32ClN3O4S. The Kier molecular flexibility index (Phi) is 8.82. The largest absolute Gasteiger partial charge is 0.490 e. The average Bonchev–Trinajstić information content (AvgIpc) is 3.14. The van der Waals surface area contributed by atoms with Crippen molar-refractivity contribution in [3.05, 3.63) is 51.9 Å². The van der Waals surface area contributed by atoms with Gasteiger partial charge in [-0.3, -0.25) is 9.69 Å². The van der Waals surface area contributed by atoms with Crippen molar-refractivity contribution in [2.45, 2.75) is 33.3 Å². The molecule has 2 aliphatic rings. The topological polar surface area (TPSA) is 63.6 Å². The standard InChI is InChI=1S/C27H32ClN3O4S/c1-5-18(3)35-25-22(28)15-19(16-23(25)34-6-2)17-24-26(32)30(4)27(36-24)29-20-7-9-21(10-8-20)31-11-13-33-14-12-31/h7-10,15-18H,5-6,11-14H2,1-4H3/b24-17-,29-27?/t18-/m0/s1. The average molecular weight is 530 g/mol. The molecule has 2 aromatic rings. The van der Waals surface area contributed by atoms with E-state index in [2.05, 4.69) is 24.0 Å². The van der Waals surface area contributed by atoms with Crippen LogP contribution in [0.3, 0.4) is 0 Å². The first-order valence-electron chi connectivity index (χ1n) is 12.2. The molecule has 192 valence electrons. The number of nitrogens with zero attached hydrogens (tertiary/aromatic N) is 3. The highest BCUT2D eigenvalue weighted by Crippen LogP contribution is 2.40. The minimum Gasteiger partial charge on any atom is -0.490 e. The lowest BCUT2D eigenvalue weighted by Crippen LogP contribution is -2.36. The third-order valence-corrected chi connectivity index (χ3v) is 7.32. The van der Waals surface area contributed by atoms with Crippen LogP contribution >= 0.6 is 23.4 Å². The van der Waals surface area contributed by atoms with Crippen molar-refractivity contribution in [3.8, 4) is 11.5 Å². The van der Waals surface area contributed by atoms with Gasteiger partial charge in [0.05, 0.1) is 41.5 Å². The number of likely N-dealkylation sites (N-methyl/N-ethyl adjacent to an activating group) is 1. The van der Waals surface area contributed by atoms with Crippen LogP contribution in [0.1, 0.15) is 32.8 Å². The fourth-order valence-corrected chi connectivity index (χ4v) is 5.06. The summed E-state index contributed by atoms with van der Waals surface area (Å²) in [5.41, 5.74) is 2.71. The fourth-order valence-electron chi connectivity index (χ4n) is 3.81. The molecular weight excluding hydrogens is 498 g/mol. The number of morpholine rings is 1. The number of aliphatic imine (C=N–C) groups is 1. The Morgan fingerprint density at radius 1 is 1.19 bits per heavy atom. The summed E-state index contributed by atoms with van der Waals surface area (Å²) in [6.45, 7) is 9.68. The molecule has 1 amide bonds. The van der Waals surface area contributed by atoms with Crippen LogP contribution in [0.25, 0.3) is 6.08 Å². The highest BCUT2D eigenvalue weighted by atomic mass is 35.5. The number of thioether (sulfide) groups is 1. The van der Waals surface area contributed by atoms with E-state index in [1.165, 1.54) is 11.8 Å². The van der Waals surface area contributed by atoms with Crippen LogP contribution in [0, 0.1) is 0 Å². The third-order valence-electron chi connectivity index (χ3n) is 5.98. The molecule has 1 atom stereocenters. The Balaban J connectivity index is 1.54. The molecule has 7 nitrogen and oxygen atoms in total.